The van der Waals surface area contributed by atoms with Gasteiger partial charge in [0.05, 0.1) is 5.56 Å². The van der Waals surface area contributed by atoms with Gasteiger partial charge in [0, 0.05) is 5.38 Å². The van der Waals surface area contributed by atoms with Gasteiger partial charge in [-0.05, 0) is 37.0 Å². The van der Waals surface area contributed by atoms with Gasteiger partial charge in [0.2, 0.25) is 0 Å². The Morgan fingerprint density at radius 2 is 1.62 bits per heavy atom. The first-order valence-corrected chi connectivity index (χ1v) is 5.55. The zero-order chi connectivity index (χ0) is 12.3. The van der Waals surface area contributed by atoms with Crippen LogP contribution in [0.15, 0.2) is 24.3 Å². The molecule has 1 aromatic carbocycles. The summed E-state index contributed by atoms with van der Waals surface area (Å²) >= 11 is 5.85. The van der Waals surface area contributed by atoms with E-state index in [4.69, 9.17) is 11.6 Å². The summed E-state index contributed by atoms with van der Waals surface area (Å²) in [5.41, 5.74) is 0.280. The molecule has 0 aromatic heterocycles. The third kappa shape index (κ3) is 3.71. The molecule has 0 aliphatic rings. The summed E-state index contributed by atoms with van der Waals surface area (Å²) in [6.07, 6.45) is -3.51. The van der Waals surface area contributed by atoms with Gasteiger partial charge >= 0.3 is 6.18 Å². The monoisotopic (exact) mass is 250 g/mol. The Hall–Kier alpha value is -0.700. The highest BCUT2D eigenvalue weighted by Crippen LogP contribution is 2.31. The molecule has 1 aromatic rings. The van der Waals surface area contributed by atoms with Crippen LogP contribution in [0, 0.1) is 0 Å². The smallest absolute Gasteiger partial charge is 0.166 e. The fourth-order valence-electron chi connectivity index (χ4n) is 1.62. The minimum Gasteiger partial charge on any atom is -0.166 e. The standard InChI is InChI=1S/C12H14ClF3/c1-8(7-9(2)13)10-3-5-11(6-4-10)12(14,15)16/h3-6,8-9H,7H2,1-2H3. The van der Waals surface area contributed by atoms with E-state index >= 15 is 0 Å². The van der Waals surface area contributed by atoms with Crippen LogP contribution in [0.3, 0.4) is 0 Å². The topological polar surface area (TPSA) is 0 Å². The molecule has 0 spiro atoms. The van der Waals surface area contributed by atoms with Crippen molar-refractivity contribution in [3.8, 4) is 0 Å². The Morgan fingerprint density at radius 3 is 2.00 bits per heavy atom. The maximum Gasteiger partial charge on any atom is 0.416 e. The van der Waals surface area contributed by atoms with Crippen LogP contribution in [-0.2, 0) is 6.18 Å². The lowest BCUT2D eigenvalue weighted by molar-refractivity contribution is -0.137. The Bertz CT molecular complexity index is 327. The second kappa shape index (κ2) is 5.09. The van der Waals surface area contributed by atoms with Crippen molar-refractivity contribution < 1.29 is 13.2 Å². The number of hydrogen-bond donors (Lipinski definition) is 0. The highest BCUT2D eigenvalue weighted by Gasteiger charge is 2.30. The predicted molar refractivity (Wildman–Crippen MR) is 59.8 cm³/mol. The van der Waals surface area contributed by atoms with Gasteiger partial charge in [0.25, 0.3) is 0 Å². The first-order chi connectivity index (χ1) is 7.30. The number of benzene rings is 1. The first kappa shape index (κ1) is 13.4. The van der Waals surface area contributed by atoms with Crippen LogP contribution in [0.1, 0.15) is 37.3 Å². The lowest BCUT2D eigenvalue weighted by Crippen LogP contribution is -2.06. The Balaban J connectivity index is 2.79. The summed E-state index contributed by atoms with van der Waals surface area (Å²) in [6, 6.07) is 5.27. The second-order valence-electron chi connectivity index (χ2n) is 4.04. The average Bonchev–Trinajstić information content (AvgIpc) is 2.15. The normalized spacial score (nSPS) is 15.9. The molecule has 0 aliphatic carbocycles. The van der Waals surface area contributed by atoms with Crippen molar-refractivity contribution in [2.45, 2.75) is 37.7 Å². The molecule has 0 heterocycles. The third-order valence-corrected chi connectivity index (χ3v) is 2.66. The molecule has 0 aliphatic heterocycles. The van der Waals surface area contributed by atoms with Gasteiger partial charge in [-0.2, -0.15) is 13.2 Å². The lowest BCUT2D eigenvalue weighted by Gasteiger charge is -2.14. The van der Waals surface area contributed by atoms with Crippen molar-refractivity contribution in [2.75, 3.05) is 0 Å². The largest absolute Gasteiger partial charge is 0.416 e. The molecule has 2 atom stereocenters. The van der Waals surface area contributed by atoms with Gasteiger partial charge in [-0.3, -0.25) is 0 Å². The molecule has 4 heteroatoms. The van der Waals surface area contributed by atoms with E-state index in [0.717, 1.165) is 24.1 Å². The van der Waals surface area contributed by atoms with Crippen molar-refractivity contribution in [3.05, 3.63) is 35.4 Å². The van der Waals surface area contributed by atoms with Crippen molar-refractivity contribution in [1.82, 2.24) is 0 Å². The summed E-state index contributed by atoms with van der Waals surface area (Å²) in [7, 11) is 0. The van der Waals surface area contributed by atoms with E-state index in [-0.39, 0.29) is 11.3 Å². The van der Waals surface area contributed by atoms with Crippen molar-refractivity contribution >= 4 is 11.6 Å². The third-order valence-electron chi connectivity index (χ3n) is 2.49. The Kier molecular flexibility index (Phi) is 4.25. The van der Waals surface area contributed by atoms with Gasteiger partial charge < -0.3 is 0 Å². The zero-order valence-corrected chi connectivity index (χ0v) is 9.94. The zero-order valence-electron chi connectivity index (χ0n) is 9.18. The summed E-state index contributed by atoms with van der Waals surface area (Å²) in [5, 5.41) is 0.0253. The van der Waals surface area contributed by atoms with Gasteiger partial charge in [0.1, 0.15) is 0 Å². The molecule has 1 rings (SSSR count). The molecule has 90 valence electrons. The summed E-state index contributed by atoms with van der Waals surface area (Å²) < 4.78 is 36.9. The molecule has 0 saturated heterocycles. The van der Waals surface area contributed by atoms with E-state index in [2.05, 4.69) is 0 Å². The number of rotatable bonds is 3. The maximum atomic E-state index is 12.3. The number of hydrogen-bond acceptors (Lipinski definition) is 0. The highest BCUT2D eigenvalue weighted by atomic mass is 35.5. The lowest BCUT2D eigenvalue weighted by atomic mass is 9.95. The van der Waals surface area contributed by atoms with E-state index in [1.54, 1.807) is 0 Å². The van der Waals surface area contributed by atoms with Gasteiger partial charge in [0.15, 0.2) is 0 Å². The fraction of sp³-hybridized carbons (Fsp3) is 0.500. The molecule has 0 nitrogen and oxygen atoms in total. The molecule has 2 unspecified atom stereocenters. The summed E-state index contributed by atoms with van der Waals surface area (Å²) in [4.78, 5) is 0. The molecule has 0 radical (unpaired) electrons. The van der Waals surface area contributed by atoms with Crippen molar-refractivity contribution in [2.24, 2.45) is 0 Å². The summed E-state index contributed by atoms with van der Waals surface area (Å²) in [6.45, 7) is 3.84. The second-order valence-corrected chi connectivity index (χ2v) is 4.78. The molecular weight excluding hydrogens is 237 g/mol. The average molecular weight is 251 g/mol. The number of alkyl halides is 4. The first-order valence-electron chi connectivity index (χ1n) is 5.12. The maximum absolute atomic E-state index is 12.3. The minimum absolute atomic E-state index is 0.0253. The van der Waals surface area contributed by atoms with Crippen LogP contribution in [0.4, 0.5) is 13.2 Å². The van der Waals surface area contributed by atoms with Crippen molar-refractivity contribution in [1.29, 1.82) is 0 Å². The van der Waals surface area contributed by atoms with Gasteiger partial charge in [-0.25, -0.2) is 0 Å². The van der Waals surface area contributed by atoms with Gasteiger partial charge in [-0.15, -0.1) is 11.6 Å². The van der Waals surface area contributed by atoms with Crippen LogP contribution in [0.25, 0.3) is 0 Å². The van der Waals surface area contributed by atoms with Crippen LogP contribution in [-0.4, -0.2) is 5.38 Å². The SMILES string of the molecule is CC(Cl)CC(C)c1ccc(C(F)(F)F)cc1. The number of halogens is 4. The predicted octanol–water partition coefficient (Wildman–Crippen LogP) is 4.83. The van der Waals surface area contributed by atoms with E-state index in [0.29, 0.717) is 0 Å². The van der Waals surface area contributed by atoms with Crippen molar-refractivity contribution in [3.63, 3.8) is 0 Å². The molecule has 0 amide bonds. The van der Waals surface area contributed by atoms with Crippen LogP contribution in [0.2, 0.25) is 0 Å². The van der Waals surface area contributed by atoms with Gasteiger partial charge in [-0.1, -0.05) is 19.1 Å². The van der Waals surface area contributed by atoms with Crippen LogP contribution >= 0.6 is 11.6 Å². The molecule has 0 fully saturated rings. The van der Waals surface area contributed by atoms with E-state index < -0.39 is 11.7 Å². The summed E-state index contributed by atoms with van der Waals surface area (Å²) in [5.74, 6) is 0.176. The Morgan fingerprint density at radius 1 is 1.12 bits per heavy atom. The molecule has 0 bridgehead atoms. The van der Waals surface area contributed by atoms with E-state index in [9.17, 15) is 13.2 Å². The van der Waals surface area contributed by atoms with E-state index in [1.807, 2.05) is 13.8 Å². The molecule has 0 N–H and O–H groups in total. The van der Waals surface area contributed by atoms with Crippen LogP contribution < -0.4 is 0 Å². The minimum atomic E-state index is -4.26. The Labute approximate surface area is 98.4 Å². The fourth-order valence-corrected chi connectivity index (χ4v) is 1.89. The molecule has 0 saturated carbocycles. The highest BCUT2D eigenvalue weighted by molar-refractivity contribution is 6.20. The van der Waals surface area contributed by atoms with E-state index in [1.165, 1.54) is 12.1 Å². The molecular formula is C12H14ClF3. The van der Waals surface area contributed by atoms with Crippen LogP contribution in [0.5, 0.6) is 0 Å². The quantitative estimate of drug-likeness (QED) is 0.675. The molecule has 16 heavy (non-hydrogen) atoms.